The van der Waals surface area contributed by atoms with Gasteiger partial charge in [-0.05, 0) is 11.6 Å². The minimum Gasteiger partial charge on any atom is -0.326 e. The van der Waals surface area contributed by atoms with Crippen LogP contribution in [0.15, 0.2) is 6.07 Å². The maximum Gasteiger partial charge on any atom is 0.281 e. The minimum atomic E-state index is -2.89. The highest BCUT2D eigenvalue weighted by molar-refractivity contribution is 6.32. The normalized spacial score (nSPS) is 10.9. The molecule has 0 amide bonds. The molecule has 0 bridgehead atoms. The van der Waals surface area contributed by atoms with Crippen LogP contribution >= 0.6 is 11.6 Å². The molecule has 0 saturated heterocycles. The number of nitrogens with two attached hydrogens (primary N) is 1. The third-order valence-electron chi connectivity index (χ3n) is 1.45. The molecule has 1 rings (SSSR count). The average molecular weight is 211 g/mol. The van der Waals surface area contributed by atoms with Crippen molar-refractivity contribution in [1.82, 2.24) is 4.98 Å². The topological polar surface area (TPSA) is 38.9 Å². The summed E-state index contributed by atoms with van der Waals surface area (Å²) >= 11 is 5.49. The summed E-state index contributed by atoms with van der Waals surface area (Å²) in [5.41, 5.74) is 4.53. The Morgan fingerprint density at radius 2 is 2.15 bits per heavy atom. The molecule has 13 heavy (non-hydrogen) atoms. The number of aromatic nitrogens is 1. The highest BCUT2D eigenvalue weighted by Crippen LogP contribution is 2.28. The third-order valence-corrected chi connectivity index (χ3v) is 1.89. The molecule has 0 fully saturated rings. The van der Waals surface area contributed by atoms with Gasteiger partial charge in [0, 0.05) is 6.54 Å². The molecule has 2 nitrogen and oxygen atoms in total. The smallest absolute Gasteiger partial charge is 0.281 e. The van der Waals surface area contributed by atoms with Crippen molar-refractivity contribution in [3.8, 4) is 0 Å². The molecular weight excluding hydrogens is 205 g/mol. The van der Waals surface area contributed by atoms with Crippen molar-refractivity contribution in [3.63, 3.8) is 0 Å². The Bertz CT molecular complexity index is 317. The summed E-state index contributed by atoms with van der Waals surface area (Å²) < 4.78 is 36.9. The Hall–Kier alpha value is -0.810. The Morgan fingerprint density at radius 3 is 2.62 bits per heavy atom. The van der Waals surface area contributed by atoms with Crippen LogP contribution in [0.5, 0.6) is 0 Å². The molecule has 0 aliphatic carbocycles. The van der Waals surface area contributed by atoms with E-state index >= 15 is 0 Å². The fourth-order valence-electron chi connectivity index (χ4n) is 0.861. The van der Waals surface area contributed by atoms with Crippen molar-refractivity contribution in [2.45, 2.75) is 13.0 Å². The molecule has 1 aromatic heterocycles. The predicted octanol–water partition coefficient (Wildman–Crippen LogP) is 2.27. The van der Waals surface area contributed by atoms with E-state index in [1.807, 2.05) is 0 Å². The van der Waals surface area contributed by atoms with E-state index in [9.17, 15) is 13.2 Å². The van der Waals surface area contributed by atoms with Gasteiger partial charge in [-0.1, -0.05) is 11.6 Å². The molecule has 0 saturated carbocycles. The number of halogens is 4. The lowest BCUT2D eigenvalue weighted by atomic mass is 10.2. The molecule has 6 heteroatoms. The van der Waals surface area contributed by atoms with E-state index in [0.29, 0.717) is 0 Å². The summed E-state index contributed by atoms with van der Waals surface area (Å²) in [4.78, 5) is 2.98. The van der Waals surface area contributed by atoms with Crippen LogP contribution in [-0.2, 0) is 6.54 Å². The van der Waals surface area contributed by atoms with Gasteiger partial charge in [0.05, 0.1) is 5.02 Å². The second-order valence-corrected chi connectivity index (χ2v) is 2.69. The van der Waals surface area contributed by atoms with Gasteiger partial charge < -0.3 is 5.73 Å². The molecular formula is C7H6ClF3N2. The zero-order valence-electron chi connectivity index (χ0n) is 6.40. The Morgan fingerprint density at radius 1 is 1.54 bits per heavy atom. The van der Waals surface area contributed by atoms with Crippen molar-refractivity contribution in [3.05, 3.63) is 28.3 Å². The summed E-state index contributed by atoms with van der Waals surface area (Å²) in [6.45, 7) is -0.0992. The minimum absolute atomic E-state index is 0.0992. The van der Waals surface area contributed by atoms with Crippen LogP contribution in [0.2, 0.25) is 5.02 Å². The monoisotopic (exact) mass is 210 g/mol. The van der Waals surface area contributed by atoms with Gasteiger partial charge in [-0.15, -0.1) is 0 Å². The largest absolute Gasteiger partial charge is 0.326 e. The first kappa shape index (κ1) is 10.3. The maximum atomic E-state index is 12.6. The second-order valence-electron chi connectivity index (χ2n) is 2.31. The van der Waals surface area contributed by atoms with E-state index in [1.54, 1.807) is 0 Å². The zero-order valence-corrected chi connectivity index (χ0v) is 7.15. The van der Waals surface area contributed by atoms with Gasteiger partial charge in [0.15, 0.2) is 0 Å². The SMILES string of the molecule is NCc1cc(F)nc(C(F)F)c1Cl. The molecule has 0 aliphatic rings. The predicted molar refractivity (Wildman–Crippen MR) is 42.1 cm³/mol. The molecule has 0 aliphatic heterocycles. The average Bonchev–Trinajstić information content (AvgIpc) is 2.08. The lowest BCUT2D eigenvalue weighted by Crippen LogP contribution is -2.04. The van der Waals surface area contributed by atoms with Gasteiger partial charge in [0.1, 0.15) is 5.69 Å². The second kappa shape index (κ2) is 3.93. The van der Waals surface area contributed by atoms with Crippen LogP contribution in [0.3, 0.4) is 0 Å². The molecule has 1 heterocycles. The number of rotatable bonds is 2. The van der Waals surface area contributed by atoms with Gasteiger partial charge >= 0.3 is 0 Å². The number of hydrogen-bond donors (Lipinski definition) is 1. The zero-order chi connectivity index (χ0) is 10.0. The summed E-state index contributed by atoms with van der Waals surface area (Å²) in [6, 6.07) is 0.939. The van der Waals surface area contributed by atoms with Crippen LogP contribution < -0.4 is 5.73 Å². The van der Waals surface area contributed by atoms with E-state index in [1.165, 1.54) is 0 Å². The number of pyridine rings is 1. The van der Waals surface area contributed by atoms with Crippen LogP contribution in [0, 0.1) is 5.95 Å². The summed E-state index contributed by atoms with van der Waals surface area (Å²) in [5, 5.41) is -0.265. The first-order chi connectivity index (χ1) is 6.06. The highest BCUT2D eigenvalue weighted by Gasteiger charge is 2.17. The number of hydrogen-bond acceptors (Lipinski definition) is 2. The van der Waals surface area contributed by atoms with E-state index < -0.39 is 18.1 Å². The fraction of sp³-hybridized carbons (Fsp3) is 0.286. The number of nitrogens with zero attached hydrogens (tertiary/aromatic N) is 1. The molecule has 0 atom stereocenters. The van der Waals surface area contributed by atoms with Crippen LogP contribution in [0.1, 0.15) is 17.7 Å². The van der Waals surface area contributed by atoms with Crippen molar-refractivity contribution >= 4 is 11.6 Å². The number of alkyl halides is 2. The third kappa shape index (κ3) is 2.10. The van der Waals surface area contributed by atoms with Crippen molar-refractivity contribution in [1.29, 1.82) is 0 Å². The molecule has 0 aromatic carbocycles. The maximum absolute atomic E-state index is 12.6. The van der Waals surface area contributed by atoms with Gasteiger partial charge in [0.2, 0.25) is 5.95 Å². The first-order valence-corrected chi connectivity index (χ1v) is 3.77. The molecule has 0 radical (unpaired) electrons. The van der Waals surface area contributed by atoms with Gasteiger partial charge in [0.25, 0.3) is 6.43 Å². The van der Waals surface area contributed by atoms with Crippen molar-refractivity contribution in [2.75, 3.05) is 0 Å². The van der Waals surface area contributed by atoms with Crippen molar-refractivity contribution < 1.29 is 13.2 Å². The Kier molecular flexibility index (Phi) is 3.11. The molecule has 72 valence electrons. The van der Waals surface area contributed by atoms with Crippen LogP contribution in [-0.4, -0.2) is 4.98 Å². The van der Waals surface area contributed by atoms with Crippen LogP contribution in [0.25, 0.3) is 0 Å². The van der Waals surface area contributed by atoms with Gasteiger partial charge in [-0.25, -0.2) is 13.8 Å². The summed E-state index contributed by atoms with van der Waals surface area (Å²) in [5.74, 6) is -1.000. The summed E-state index contributed by atoms with van der Waals surface area (Å²) in [6.07, 6.45) is -2.89. The quantitative estimate of drug-likeness (QED) is 0.761. The summed E-state index contributed by atoms with van der Waals surface area (Å²) in [7, 11) is 0. The highest BCUT2D eigenvalue weighted by atomic mass is 35.5. The fourth-order valence-corrected chi connectivity index (χ4v) is 1.12. The van der Waals surface area contributed by atoms with Gasteiger partial charge in [-0.2, -0.15) is 4.39 Å². The lowest BCUT2D eigenvalue weighted by Gasteiger charge is -2.06. The van der Waals surface area contributed by atoms with E-state index in [0.717, 1.165) is 6.07 Å². The Balaban J connectivity index is 3.27. The standard InChI is InChI=1S/C7H6ClF3N2/c8-5-3(2-12)1-4(9)13-6(5)7(10)11/h1,7H,2,12H2. The first-order valence-electron chi connectivity index (χ1n) is 3.39. The van der Waals surface area contributed by atoms with E-state index in [2.05, 4.69) is 4.98 Å². The van der Waals surface area contributed by atoms with Crippen LogP contribution in [0.4, 0.5) is 13.2 Å². The van der Waals surface area contributed by atoms with Gasteiger partial charge in [-0.3, -0.25) is 0 Å². The van der Waals surface area contributed by atoms with E-state index in [-0.39, 0.29) is 17.1 Å². The van der Waals surface area contributed by atoms with E-state index in [4.69, 9.17) is 17.3 Å². The molecule has 0 unspecified atom stereocenters. The molecule has 0 spiro atoms. The van der Waals surface area contributed by atoms with Crippen molar-refractivity contribution in [2.24, 2.45) is 5.73 Å². The lowest BCUT2D eigenvalue weighted by molar-refractivity contribution is 0.145. The molecule has 2 N–H and O–H groups in total. The Labute approximate surface area is 77.5 Å². The molecule has 1 aromatic rings.